The van der Waals surface area contributed by atoms with E-state index in [4.69, 9.17) is 0 Å². The Morgan fingerprint density at radius 2 is 2.19 bits per heavy atom. The second-order valence-electron chi connectivity index (χ2n) is 4.61. The molecule has 3 nitrogen and oxygen atoms in total. The summed E-state index contributed by atoms with van der Waals surface area (Å²) in [4.78, 5) is 16.9. The smallest absolute Gasteiger partial charge is 0.256 e. The zero-order chi connectivity index (χ0) is 11.5. The first-order valence-electron chi connectivity index (χ1n) is 6.33. The normalized spacial score (nSPS) is 14.9. The van der Waals surface area contributed by atoms with Crippen molar-refractivity contribution in [2.24, 2.45) is 0 Å². The molecule has 1 aliphatic heterocycles. The quantitative estimate of drug-likeness (QED) is 0.783. The summed E-state index contributed by atoms with van der Waals surface area (Å²) in [5, 5.41) is 0. The van der Waals surface area contributed by atoms with E-state index < -0.39 is 0 Å². The molecule has 0 amide bonds. The van der Waals surface area contributed by atoms with Crippen LogP contribution in [-0.2, 0) is 19.4 Å². The maximum atomic E-state index is 12.3. The van der Waals surface area contributed by atoms with Crippen molar-refractivity contribution in [1.29, 1.82) is 0 Å². The summed E-state index contributed by atoms with van der Waals surface area (Å²) < 4.78 is 1.89. The fraction of sp³-hybridized carbons (Fsp3) is 0.692. The minimum Gasteiger partial charge on any atom is -0.296 e. The maximum absolute atomic E-state index is 12.3. The van der Waals surface area contributed by atoms with Crippen LogP contribution in [0.4, 0.5) is 0 Å². The molecule has 3 heteroatoms. The van der Waals surface area contributed by atoms with E-state index in [1.807, 2.05) is 11.5 Å². The van der Waals surface area contributed by atoms with Crippen LogP contribution < -0.4 is 5.56 Å². The number of fused-ring (bicyclic) bond motifs is 1. The lowest BCUT2D eigenvalue weighted by atomic mass is 10.1. The second-order valence-corrected chi connectivity index (χ2v) is 4.61. The fourth-order valence-electron chi connectivity index (χ4n) is 2.37. The SMILES string of the molecule is CCCCc1c(C)nc2n(c1=O)CCCC2. The van der Waals surface area contributed by atoms with Gasteiger partial charge in [-0.1, -0.05) is 13.3 Å². The average molecular weight is 220 g/mol. The van der Waals surface area contributed by atoms with Gasteiger partial charge in [0.05, 0.1) is 0 Å². The largest absolute Gasteiger partial charge is 0.296 e. The van der Waals surface area contributed by atoms with Crippen molar-refractivity contribution >= 4 is 0 Å². The molecule has 0 unspecified atom stereocenters. The van der Waals surface area contributed by atoms with Crippen LogP contribution in [-0.4, -0.2) is 9.55 Å². The third kappa shape index (κ3) is 2.04. The summed E-state index contributed by atoms with van der Waals surface area (Å²) >= 11 is 0. The van der Waals surface area contributed by atoms with Gasteiger partial charge in [0.1, 0.15) is 5.82 Å². The van der Waals surface area contributed by atoms with Crippen molar-refractivity contribution in [3.8, 4) is 0 Å². The van der Waals surface area contributed by atoms with E-state index in [1.165, 1.54) is 6.42 Å². The van der Waals surface area contributed by atoms with Gasteiger partial charge in [0.2, 0.25) is 0 Å². The van der Waals surface area contributed by atoms with Crippen LogP contribution in [0.2, 0.25) is 0 Å². The van der Waals surface area contributed by atoms with Crippen molar-refractivity contribution in [3.63, 3.8) is 0 Å². The van der Waals surface area contributed by atoms with E-state index in [-0.39, 0.29) is 5.56 Å². The first-order valence-corrected chi connectivity index (χ1v) is 6.33. The lowest BCUT2D eigenvalue weighted by molar-refractivity contribution is 0.488. The molecule has 2 rings (SSSR count). The highest BCUT2D eigenvalue weighted by molar-refractivity contribution is 5.18. The molecule has 0 N–H and O–H groups in total. The van der Waals surface area contributed by atoms with Crippen molar-refractivity contribution in [1.82, 2.24) is 9.55 Å². The third-order valence-electron chi connectivity index (χ3n) is 3.36. The number of hydrogen-bond donors (Lipinski definition) is 0. The first kappa shape index (κ1) is 11.4. The Labute approximate surface area is 96.5 Å². The van der Waals surface area contributed by atoms with E-state index in [9.17, 15) is 4.79 Å². The van der Waals surface area contributed by atoms with Gasteiger partial charge in [-0.3, -0.25) is 9.36 Å². The van der Waals surface area contributed by atoms with Gasteiger partial charge in [-0.05, 0) is 32.6 Å². The van der Waals surface area contributed by atoms with E-state index in [0.29, 0.717) is 0 Å². The van der Waals surface area contributed by atoms with Crippen molar-refractivity contribution in [3.05, 3.63) is 27.4 Å². The Balaban J connectivity index is 2.42. The Bertz CT molecular complexity index is 434. The lowest BCUT2D eigenvalue weighted by Crippen LogP contribution is -2.31. The molecular formula is C13H20N2O. The number of hydrogen-bond acceptors (Lipinski definition) is 2. The Kier molecular flexibility index (Phi) is 3.42. The predicted molar refractivity (Wildman–Crippen MR) is 64.8 cm³/mol. The summed E-state index contributed by atoms with van der Waals surface area (Å²) in [6, 6.07) is 0. The first-order chi connectivity index (χ1) is 7.74. The molecule has 2 heterocycles. The molecule has 1 aliphatic rings. The maximum Gasteiger partial charge on any atom is 0.256 e. The average Bonchev–Trinajstić information content (AvgIpc) is 2.29. The molecule has 0 aromatic carbocycles. The van der Waals surface area contributed by atoms with Crippen LogP contribution >= 0.6 is 0 Å². The van der Waals surface area contributed by atoms with Crippen molar-refractivity contribution in [2.45, 2.75) is 58.9 Å². The topological polar surface area (TPSA) is 34.9 Å². The van der Waals surface area contributed by atoms with Gasteiger partial charge < -0.3 is 0 Å². The van der Waals surface area contributed by atoms with Gasteiger partial charge in [-0.2, -0.15) is 0 Å². The molecule has 0 bridgehead atoms. The Morgan fingerprint density at radius 3 is 2.94 bits per heavy atom. The Hall–Kier alpha value is -1.12. The van der Waals surface area contributed by atoms with Crippen molar-refractivity contribution < 1.29 is 0 Å². The summed E-state index contributed by atoms with van der Waals surface area (Å²) in [6.07, 6.45) is 6.33. The number of aromatic nitrogens is 2. The van der Waals surface area contributed by atoms with Crippen LogP contribution in [0.1, 0.15) is 49.7 Å². The summed E-state index contributed by atoms with van der Waals surface area (Å²) in [5.41, 5.74) is 2.11. The fourth-order valence-corrected chi connectivity index (χ4v) is 2.37. The molecule has 0 saturated heterocycles. The molecule has 0 radical (unpaired) electrons. The van der Waals surface area contributed by atoms with E-state index in [1.54, 1.807) is 0 Å². The van der Waals surface area contributed by atoms with Crippen molar-refractivity contribution in [2.75, 3.05) is 0 Å². The van der Waals surface area contributed by atoms with Crippen LogP contribution in [0.15, 0.2) is 4.79 Å². The van der Waals surface area contributed by atoms with Crippen LogP contribution in [0, 0.1) is 6.92 Å². The van der Waals surface area contributed by atoms with Gasteiger partial charge in [0, 0.05) is 24.2 Å². The van der Waals surface area contributed by atoms with Gasteiger partial charge in [-0.15, -0.1) is 0 Å². The highest BCUT2D eigenvalue weighted by atomic mass is 16.1. The number of rotatable bonds is 3. The second kappa shape index (κ2) is 4.81. The molecule has 1 aromatic heterocycles. The lowest BCUT2D eigenvalue weighted by Gasteiger charge is -2.19. The number of aryl methyl sites for hydroxylation is 2. The highest BCUT2D eigenvalue weighted by Gasteiger charge is 2.16. The molecule has 16 heavy (non-hydrogen) atoms. The van der Waals surface area contributed by atoms with Crippen LogP contribution in [0.25, 0.3) is 0 Å². The minimum atomic E-state index is 0.218. The molecule has 0 saturated carbocycles. The third-order valence-corrected chi connectivity index (χ3v) is 3.36. The highest BCUT2D eigenvalue weighted by Crippen LogP contribution is 2.13. The minimum absolute atomic E-state index is 0.218. The van der Waals surface area contributed by atoms with Crippen LogP contribution in [0.3, 0.4) is 0 Å². The molecule has 0 fully saturated rings. The van der Waals surface area contributed by atoms with Gasteiger partial charge in [0.15, 0.2) is 0 Å². The van der Waals surface area contributed by atoms with E-state index in [0.717, 1.165) is 55.7 Å². The number of unbranched alkanes of at least 4 members (excludes halogenated alkanes) is 1. The predicted octanol–water partition coefficient (Wildman–Crippen LogP) is 2.23. The van der Waals surface area contributed by atoms with E-state index >= 15 is 0 Å². The molecule has 88 valence electrons. The molecule has 0 aliphatic carbocycles. The zero-order valence-electron chi connectivity index (χ0n) is 10.3. The molecule has 0 spiro atoms. The molecular weight excluding hydrogens is 200 g/mol. The van der Waals surface area contributed by atoms with Gasteiger partial charge in [-0.25, -0.2) is 4.98 Å². The number of nitrogens with zero attached hydrogens (tertiary/aromatic N) is 2. The zero-order valence-corrected chi connectivity index (χ0v) is 10.3. The van der Waals surface area contributed by atoms with E-state index in [2.05, 4.69) is 11.9 Å². The summed E-state index contributed by atoms with van der Waals surface area (Å²) in [6.45, 7) is 4.99. The Morgan fingerprint density at radius 1 is 1.38 bits per heavy atom. The standard InChI is InChI=1S/C13H20N2O/c1-3-4-7-11-10(2)14-12-8-5-6-9-15(12)13(11)16/h3-9H2,1-2H3. The molecule has 0 atom stereocenters. The summed E-state index contributed by atoms with van der Waals surface area (Å²) in [5.74, 6) is 0.994. The van der Waals surface area contributed by atoms with Crippen LogP contribution in [0.5, 0.6) is 0 Å². The monoisotopic (exact) mass is 220 g/mol. The van der Waals surface area contributed by atoms with Gasteiger partial charge in [0.25, 0.3) is 5.56 Å². The summed E-state index contributed by atoms with van der Waals surface area (Å²) in [7, 11) is 0. The molecule has 1 aromatic rings. The van der Waals surface area contributed by atoms with Gasteiger partial charge >= 0.3 is 0 Å².